The average molecular weight is 587 g/mol. The van der Waals surface area contributed by atoms with E-state index >= 15 is 0 Å². The predicted molar refractivity (Wildman–Crippen MR) is 147 cm³/mol. The Kier molecular flexibility index (Phi) is 37.2. The molecule has 0 radical (unpaired) electrons. The van der Waals surface area contributed by atoms with E-state index in [-0.39, 0.29) is 0 Å². The van der Waals surface area contributed by atoms with Crippen LogP contribution in [0.2, 0.25) is 0 Å². The predicted octanol–water partition coefficient (Wildman–Crippen LogP) is 0.976. The molecule has 0 aliphatic heterocycles. The van der Waals surface area contributed by atoms with Crippen LogP contribution in [-0.4, -0.2) is 166 Å². The van der Waals surface area contributed by atoms with Gasteiger partial charge in [0.2, 0.25) is 0 Å². The van der Waals surface area contributed by atoms with Crippen molar-refractivity contribution in [2.75, 3.05) is 166 Å². The fraction of sp³-hybridized carbons (Fsp3) is 0.926. The second kappa shape index (κ2) is 38.1. The summed E-state index contributed by atoms with van der Waals surface area (Å²) in [4.78, 5) is 0. The maximum atomic E-state index is 5.46. The van der Waals surface area contributed by atoms with Gasteiger partial charge in [-0.1, -0.05) is 6.58 Å². The fourth-order valence-electron chi connectivity index (χ4n) is 2.63. The molecule has 0 spiro atoms. The van der Waals surface area contributed by atoms with Crippen LogP contribution in [-0.2, 0) is 61.6 Å². The topological polar surface area (TPSA) is 120 Å². The fourth-order valence-corrected chi connectivity index (χ4v) is 2.63. The molecule has 40 heavy (non-hydrogen) atoms. The van der Waals surface area contributed by atoms with Crippen molar-refractivity contribution in [2.24, 2.45) is 0 Å². The van der Waals surface area contributed by atoms with Crippen LogP contribution in [0.1, 0.15) is 0 Å². The standard InChI is InChI=1S/C27H54O13/c1-3-29-6-7-31-10-11-33-14-15-35-18-19-37-22-23-39-26-27-40-25-24-38-21-20-36-17-16-34-13-12-32-9-8-30-5-4-28-2/h3H,1,4-27H2,2H3. The molecule has 0 heterocycles. The highest BCUT2D eigenvalue weighted by atomic mass is 16.6. The molecule has 0 atom stereocenters. The summed E-state index contributed by atoms with van der Waals surface area (Å²) in [6.07, 6.45) is 1.40. The summed E-state index contributed by atoms with van der Waals surface area (Å²) in [7, 11) is 1.64. The van der Waals surface area contributed by atoms with Crippen LogP contribution in [0.25, 0.3) is 0 Å². The van der Waals surface area contributed by atoms with Gasteiger partial charge >= 0.3 is 0 Å². The Morgan fingerprint density at radius 3 is 0.650 bits per heavy atom. The van der Waals surface area contributed by atoms with Gasteiger partial charge in [0.25, 0.3) is 0 Å². The largest absolute Gasteiger partial charge is 0.499 e. The van der Waals surface area contributed by atoms with Gasteiger partial charge in [-0.15, -0.1) is 0 Å². The van der Waals surface area contributed by atoms with Gasteiger partial charge in [0, 0.05) is 7.11 Å². The molecule has 0 saturated carbocycles. The first-order valence-corrected chi connectivity index (χ1v) is 14.0. The number of hydrogen-bond donors (Lipinski definition) is 0. The van der Waals surface area contributed by atoms with Crippen molar-refractivity contribution < 1.29 is 61.6 Å². The minimum atomic E-state index is 0.503. The molecule has 0 aromatic heterocycles. The first kappa shape index (κ1) is 39.1. The van der Waals surface area contributed by atoms with Gasteiger partial charge in [-0.05, 0) is 0 Å². The van der Waals surface area contributed by atoms with Gasteiger partial charge in [0.1, 0.15) is 6.61 Å². The summed E-state index contributed by atoms with van der Waals surface area (Å²) in [6.45, 7) is 16.1. The zero-order valence-corrected chi connectivity index (χ0v) is 24.6. The lowest BCUT2D eigenvalue weighted by Crippen LogP contribution is -2.15. The third-order valence-electron chi connectivity index (χ3n) is 4.62. The lowest BCUT2D eigenvalue weighted by Gasteiger charge is -2.09. The van der Waals surface area contributed by atoms with Crippen LogP contribution in [0, 0.1) is 0 Å². The summed E-state index contributed by atoms with van der Waals surface area (Å²) in [6, 6.07) is 0. The molecular weight excluding hydrogens is 532 g/mol. The summed E-state index contributed by atoms with van der Waals surface area (Å²) in [5.41, 5.74) is 0. The van der Waals surface area contributed by atoms with Gasteiger partial charge in [-0.2, -0.15) is 0 Å². The molecule has 0 fully saturated rings. The number of ether oxygens (including phenoxy) is 13. The molecular formula is C27H54O13. The van der Waals surface area contributed by atoms with E-state index in [2.05, 4.69) is 6.58 Å². The summed E-state index contributed by atoms with van der Waals surface area (Å²) in [5.74, 6) is 0. The molecule has 0 aromatic carbocycles. The van der Waals surface area contributed by atoms with Crippen LogP contribution in [0.3, 0.4) is 0 Å². The Morgan fingerprint density at radius 1 is 0.300 bits per heavy atom. The number of hydrogen-bond acceptors (Lipinski definition) is 13. The smallest absolute Gasteiger partial charge is 0.111 e. The Balaban J connectivity index is 3.02. The third-order valence-corrected chi connectivity index (χ3v) is 4.62. The van der Waals surface area contributed by atoms with E-state index < -0.39 is 0 Å². The summed E-state index contributed by atoms with van der Waals surface area (Å²) in [5, 5.41) is 0. The number of methoxy groups -OCH3 is 1. The zero-order chi connectivity index (χ0) is 28.9. The molecule has 0 N–H and O–H groups in total. The SMILES string of the molecule is C=COCCOCCOCCOCCOCCOCCOCCOCCOCCOCCOCCOCCOC. The maximum absolute atomic E-state index is 5.46. The van der Waals surface area contributed by atoms with Crippen molar-refractivity contribution in [1.29, 1.82) is 0 Å². The maximum Gasteiger partial charge on any atom is 0.111 e. The van der Waals surface area contributed by atoms with Crippen LogP contribution >= 0.6 is 0 Å². The van der Waals surface area contributed by atoms with E-state index in [1.165, 1.54) is 6.26 Å². The minimum absolute atomic E-state index is 0.503. The first-order chi connectivity index (χ1) is 19.9. The average Bonchev–Trinajstić information content (AvgIpc) is 2.97. The molecule has 0 aromatic rings. The quantitative estimate of drug-likeness (QED) is 0.0760. The second-order valence-corrected chi connectivity index (χ2v) is 7.77. The van der Waals surface area contributed by atoms with Gasteiger partial charge in [-0.25, -0.2) is 0 Å². The minimum Gasteiger partial charge on any atom is -0.499 e. The highest BCUT2D eigenvalue weighted by Crippen LogP contribution is 1.87. The van der Waals surface area contributed by atoms with Gasteiger partial charge in [0.05, 0.1) is 158 Å². The Hall–Kier alpha value is -0.940. The van der Waals surface area contributed by atoms with Crippen molar-refractivity contribution in [3.63, 3.8) is 0 Å². The van der Waals surface area contributed by atoms with Crippen molar-refractivity contribution in [3.05, 3.63) is 12.8 Å². The van der Waals surface area contributed by atoms with Crippen LogP contribution in [0.4, 0.5) is 0 Å². The molecule has 0 amide bonds. The normalized spacial score (nSPS) is 11.3. The molecule has 0 rings (SSSR count). The van der Waals surface area contributed by atoms with E-state index in [9.17, 15) is 0 Å². The molecule has 0 unspecified atom stereocenters. The Morgan fingerprint density at radius 2 is 0.475 bits per heavy atom. The van der Waals surface area contributed by atoms with Crippen LogP contribution in [0.15, 0.2) is 12.8 Å². The van der Waals surface area contributed by atoms with E-state index in [1.54, 1.807) is 7.11 Å². The third kappa shape index (κ3) is 37.1. The second-order valence-electron chi connectivity index (χ2n) is 7.77. The zero-order valence-electron chi connectivity index (χ0n) is 24.6. The molecule has 240 valence electrons. The summed E-state index contributed by atoms with van der Waals surface area (Å²) >= 11 is 0. The molecule has 0 saturated heterocycles. The lowest BCUT2D eigenvalue weighted by atomic mass is 10.6. The number of rotatable bonds is 37. The Labute approximate surface area is 240 Å². The van der Waals surface area contributed by atoms with Crippen molar-refractivity contribution >= 4 is 0 Å². The monoisotopic (exact) mass is 586 g/mol. The van der Waals surface area contributed by atoms with Gasteiger partial charge in [-0.3, -0.25) is 0 Å². The van der Waals surface area contributed by atoms with Crippen LogP contribution in [0.5, 0.6) is 0 Å². The van der Waals surface area contributed by atoms with Crippen molar-refractivity contribution in [1.82, 2.24) is 0 Å². The lowest BCUT2D eigenvalue weighted by molar-refractivity contribution is -0.0283. The first-order valence-electron chi connectivity index (χ1n) is 14.0. The molecule has 0 aliphatic rings. The van der Waals surface area contributed by atoms with Gasteiger partial charge in [0.15, 0.2) is 0 Å². The molecule has 13 nitrogen and oxygen atoms in total. The van der Waals surface area contributed by atoms with Crippen molar-refractivity contribution in [3.8, 4) is 0 Å². The van der Waals surface area contributed by atoms with E-state index in [0.29, 0.717) is 159 Å². The Bertz CT molecular complexity index is 460. The highest BCUT2D eigenvalue weighted by Gasteiger charge is 1.96. The summed E-state index contributed by atoms with van der Waals surface area (Å²) < 4.78 is 69.3. The van der Waals surface area contributed by atoms with Crippen LogP contribution < -0.4 is 0 Å². The molecule has 0 aliphatic carbocycles. The van der Waals surface area contributed by atoms with E-state index in [4.69, 9.17) is 61.6 Å². The van der Waals surface area contributed by atoms with E-state index in [1.807, 2.05) is 0 Å². The highest BCUT2D eigenvalue weighted by molar-refractivity contribution is 4.47. The van der Waals surface area contributed by atoms with Crippen molar-refractivity contribution in [2.45, 2.75) is 0 Å². The van der Waals surface area contributed by atoms with Gasteiger partial charge < -0.3 is 61.6 Å². The molecule has 13 heteroatoms. The van der Waals surface area contributed by atoms with E-state index in [0.717, 1.165) is 0 Å². The molecule has 0 bridgehead atoms.